The Kier molecular flexibility index (Phi) is 9.33. The number of likely N-dealkylation sites (N-methyl/N-ethyl adjacent to an activating group) is 1. The van der Waals surface area contributed by atoms with Gasteiger partial charge in [0.2, 0.25) is 11.8 Å². The van der Waals surface area contributed by atoms with Gasteiger partial charge < -0.3 is 10.2 Å². The maximum atomic E-state index is 14.0. The van der Waals surface area contributed by atoms with Crippen LogP contribution in [0.5, 0.6) is 0 Å². The third-order valence-corrected chi connectivity index (χ3v) is 8.42. The van der Waals surface area contributed by atoms with Crippen LogP contribution < -0.4 is 9.62 Å². The van der Waals surface area contributed by atoms with E-state index in [1.165, 1.54) is 4.90 Å². The van der Waals surface area contributed by atoms with Crippen LogP contribution in [0, 0.1) is 27.7 Å². The van der Waals surface area contributed by atoms with Crippen LogP contribution in [0.4, 0.5) is 5.69 Å². The Hall–Kier alpha value is -3.65. The summed E-state index contributed by atoms with van der Waals surface area (Å²) in [6.45, 7) is 11.2. The van der Waals surface area contributed by atoms with Gasteiger partial charge in [-0.05, 0) is 82.0 Å². The maximum absolute atomic E-state index is 14.0. The first-order valence-corrected chi connectivity index (χ1v) is 14.2. The van der Waals surface area contributed by atoms with E-state index in [1.54, 1.807) is 37.3 Å². The van der Waals surface area contributed by atoms with Crippen molar-refractivity contribution in [1.82, 2.24) is 10.2 Å². The summed E-state index contributed by atoms with van der Waals surface area (Å²) in [4.78, 5) is 28.3. The number of carbonyl (C=O) groups is 2. The minimum Gasteiger partial charge on any atom is -0.355 e. The molecule has 8 heteroatoms. The highest BCUT2D eigenvalue weighted by atomic mass is 32.2. The summed E-state index contributed by atoms with van der Waals surface area (Å²) in [5.41, 5.74) is 4.82. The summed E-state index contributed by atoms with van der Waals surface area (Å²) in [5, 5.41) is 2.78. The first-order chi connectivity index (χ1) is 17.9. The number of nitrogens with one attached hydrogen (secondary N) is 1. The molecule has 0 unspecified atom stereocenters. The van der Waals surface area contributed by atoms with E-state index in [4.69, 9.17) is 0 Å². The molecule has 3 aromatic carbocycles. The fourth-order valence-corrected chi connectivity index (χ4v) is 5.69. The van der Waals surface area contributed by atoms with Crippen LogP contribution in [0.25, 0.3) is 0 Å². The lowest BCUT2D eigenvalue weighted by Crippen LogP contribution is -2.51. The molecular weight excluding hydrogens is 498 g/mol. The van der Waals surface area contributed by atoms with Crippen molar-refractivity contribution in [1.29, 1.82) is 0 Å². The quantitative estimate of drug-likeness (QED) is 0.409. The van der Waals surface area contributed by atoms with Gasteiger partial charge in [-0.1, -0.05) is 54.1 Å². The molecule has 2 amide bonds. The second-order valence-corrected chi connectivity index (χ2v) is 11.5. The van der Waals surface area contributed by atoms with Crippen molar-refractivity contribution in [3.63, 3.8) is 0 Å². The third kappa shape index (κ3) is 6.61. The molecule has 3 rings (SSSR count). The molecule has 0 aliphatic carbocycles. The van der Waals surface area contributed by atoms with Crippen molar-refractivity contribution >= 4 is 27.5 Å². The average Bonchev–Trinajstić information content (AvgIpc) is 2.88. The van der Waals surface area contributed by atoms with Crippen LogP contribution in [-0.4, -0.2) is 44.3 Å². The topological polar surface area (TPSA) is 86.8 Å². The van der Waals surface area contributed by atoms with Gasteiger partial charge in [0, 0.05) is 13.1 Å². The number of anilines is 1. The lowest BCUT2D eigenvalue weighted by atomic mass is 10.1. The molecule has 0 bridgehead atoms. The molecule has 0 radical (unpaired) electrons. The van der Waals surface area contributed by atoms with Crippen LogP contribution in [0.1, 0.15) is 41.7 Å². The monoisotopic (exact) mass is 535 g/mol. The number of aryl methyl sites for hydroxylation is 4. The molecule has 0 aliphatic rings. The molecular formula is C30H37N3O4S. The molecule has 3 aromatic rings. The van der Waals surface area contributed by atoms with Crippen LogP contribution >= 0.6 is 0 Å². The van der Waals surface area contributed by atoms with E-state index >= 15 is 0 Å². The predicted molar refractivity (Wildman–Crippen MR) is 152 cm³/mol. The van der Waals surface area contributed by atoms with E-state index in [-0.39, 0.29) is 17.3 Å². The maximum Gasteiger partial charge on any atom is 0.264 e. The molecule has 1 atom stereocenters. The second-order valence-electron chi connectivity index (χ2n) is 9.63. The van der Waals surface area contributed by atoms with Gasteiger partial charge in [0.25, 0.3) is 10.0 Å². The summed E-state index contributed by atoms with van der Waals surface area (Å²) < 4.78 is 29.1. The van der Waals surface area contributed by atoms with Gasteiger partial charge in [-0.15, -0.1) is 0 Å². The number of amides is 2. The van der Waals surface area contributed by atoms with E-state index in [9.17, 15) is 18.0 Å². The molecule has 0 aromatic heterocycles. The lowest BCUT2D eigenvalue weighted by molar-refractivity contribution is -0.139. The van der Waals surface area contributed by atoms with Crippen molar-refractivity contribution in [3.05, 3.63) is 94.5 Å². The highest BCUT2D eigenvalue weighted by Crippen LogP contribution is 2.29. The number of hydrogen-bond acceptors (Lipinski definition) is 4. The van der Waals surface area contributed by atoms with E-state index in [0.29, 0.717) is 12.2 Å². The Bertz CT molecular complexity index is 1400. The van der Waals surface area contributed by atoms with Gasteiger partial charge in [0.15, 0.2) is 0 Å². The Morgan fingerprint density at radius 2 is 1.50 bits per heavy atom. The smallest absolute Gasteiger partial charge is 0.264 e. The molecule has 0 saturated carbocycles. The summed E-state index contributed by atoms with van der Waals surface area (Å²) in [7, 11) is -4.09. The third-order valence-electron chi connectivity index (χ3n) is 6.64. The minimum atomic E-state index is -4.09. The van der Waals surface area contributed by atoms with Gasteiger partial charge in [0.05, 0.1) is 10.6 Å². The molecule has 0 aliphatic heterocycles. The molecule has 0 saturated heterocycles. The van der Waals surface area contributed by atoms with E-state index in [0.717, 1.165) is 32.1 Å². The Labute approximate surface area is 226 Å². The fraction of sp³-hybridized carbons (Fsp3) is 0.333. The van der Waals surface area contributed by atoms with Crippen molar-refractivity contribution < 1.29 is 18.0 Å². The molecule has 0 fully saturated rings. The largest absolute Gasteiger partial charge is 0.355 e. The van der Waals surface area contributed by atoms with Crippen molar-refractivity contribution in [3.8, 4) is 0 Å². The average molecular weight is 536 g/mol. The van der Waals surface area contributed by atoms with Crippen LogP contribution in [-0.2, 0) is 26.2 Å². The van der Waals surface area contributed by atoms with Crippen LogP contribution in [0.15, 0.2) is 71.6 Å². The summed E-state index contributed by atoms with van der Waals surface area (Å²) in [6, 6.07) is 18.9. The van der Waals surface area contributed by atoms with E-state index in [2.05, 4.69) is 5.32 Å². The Morgan fingerprint density at radius 1 is 0.868 bits per heavy atom. The zero-order valence-electron chi connectivity index (χ0n) is 23.0. The fourth-order valence-electron chi connectivity index (χ4n) is 4.21. The number of rotatable bonds is 10. The molecule has 38 heavy (non-hydrogen) atoms. The number of benzene rings is 3. The van der Waals surface area contributed by atoms with Gasteiger partial charge in [-0.3, -0.25) is 13.9 Å². The van der Waals surface area contributed by atoms with Crippen LogP contribution in [0.2, 0.25) is 0 Å². The molecule has 7 nitrogen and oxygen atoms in total. The van der Waals surface area contributed by atoms with Crippen molar-refractivity contribution in [2.75, 3.05) is 17.4 Å². The van der Waals surface area contributed by atoms with Gasteiger partial charge in [-0.2, -0.15) is 0 Å². The molecule has 1 N–H and O–H groups in total. The standard InChI is InChI=1S/C30H37N3O4S/c1-7-31-30(35)25(6)32(19-26-11-9-8-10-23(26)4)29(34)20-33(28-18-22(3)12-15-24(28)5)38(36,37)27-16-13-21(2)14-17-27/h8-18,25H,7,19-20H2,1-6H3,(H,31,35)/t25-/m1/s1. The second kappa shape index (κ2) is 12.3. The van der Waals surface area contributed by atoms with Crippen molar-refractivity contribution in [2.45, 2.75) is 59.0 Å². The first kappa shape index (κ1) is 28.9. The number of hydrogen-bond donors (Lipinski definition) is 1. The number of sulfonamides is 1. The highest BCUT2D eigenvalue weighted by Gasteiger charge is 2.33. The Morgan fingerprint density at radius 3 is 2.13 bits per heavy atom. The Balaban J connectivity index is 2.09. The number of carbonyl (C=O) groups excluding carboxylic acids is 2. The van der Waals surface area contributed by atoms with E-state index < -0.39 is 28.5 Å². The summed E-state index contributed by atoms with van der Waals surface area (Å²) >= 11 is 0. The van der Waals surface area contributed by atoms with E-state index in [1.807, 2.05) is 71.0 Å². The van der Waals surface area contributed by atoms with Crippen molar-refractivity contribution in [2.24, 2.45) is 0 Å². The minimum absolute atomic E-state index is 0.0963. The molecule has 202 valence electrons. The van der Waals surface area contributed by atoms with Gasteiger partial charge >= 0.3 is 0 Å². The lowest BCUT2D eigenvalue weighted by Gasteiger charge is -2.32. The zero-order chi connectivity index (χ0) is 28.0. The van der Waals surface area contributed by atoms with Gasteiger partial charge in [-0.25, -0.2) is 8.42 Å². The number of nitrogens with zero attached hydrogens (tertiary/aromatic N) is 2. The molecule has 0 heterocycles. The van der Waals surface area contributed by atoms with Gasteiger partial charge in [0.1, 0.15) is 12.6 Å². The first-order valence-electron chi connectivity index (χ1n) is 12.7. The molecule has 0 spiro atoms. The summed E-state index contributed by atoms with van der Waals surface area (Å²) in [6.07, 6.45) is 0. The SMILES string of the molecule is CCNC(=O)[C@@H](C)N(Cc1ccccc1C)C(=O)CN(c1cc(C)ccc1C)S(=O)(=O)c1ccc(C)cc1. The predicted octanol–water partition coefficient (Wildman–Crippen LogP) is 4.67. The normalized spacial score (nSPS) is 12.1. The zero-order valence-corrected chi connectivity index (χ0v) is 23.8. The van der Waals surface area contributed by atoms with Crippen LogP contribution in [0.3, 0.4) is 0 Å². The summed E-state index contributed by atoms with van der Waals surface area (Å²) in [5.74, 6) is -0.766. The highest BCUT2D eigenvalue weighted by molar-refractivity contribution is 7.92.